The maximum atomic E-state index is 12.0. The van der Waals surface area contributed by atoms with Crippen LogP contribution in [-0.2, 0) is 4.79 Å². The number of hydrogen-bond acceptors (Lipinski definition) is 4. The van der Waals surface area contributed by atoms with Crippen molar-refractivity contribution in [2.75, 3.05) is 13.1 Å². The summed E-state index contributed by atoms with van der Waals surface area (Å²) in [4.78, 5) is 16.4. The van der Waals surface area contributed by atoms with Crippen molar-refractivity contribution in [3.8, 4) is 0 Å². The van der Waals surface area contributed by atoms with E-state index in [0.29, 0.717) is 0 Å². The molecule has 0 aliphatic carbocycles. The van der Waals surface area contributed by atoms with Crippen LogP contribution in [0.3, 0.4) is 0 Å². The smallest absolute Gasteiger partial charge is 0.223 e. The highest BCUT2D eigenvalue weighted by Crippen LogP contribution is 2.19. The highest BCUT2D eigenvalue weighted by atomic mass is 35.5. The fourth-order valence-corrected chi connectivity index (χ4v) is 2.85. The summed E-state index contributed by atoms with van der Waals surface area (Å²) in [6.45, 7) is 5.87. The molecule has 1 atom stereocenters. The number of carbonyl (C=O) groups is 1. The maximum absolute atomic E-state index is 12.0. The van der Waals surface area contributed by atoms with Gasteiger partial charge in [0.2, 0.25) is 5.91 Å². The minimum atomic E-state index is 0. The SMILES string of the molecule is Cc1csc(C(C)NC(=O)C2CCNCC2)n1.Cl. The van der Waals surface area contributed by atoms with Crippen LogP contribution in [0.25, 0.3) is 0 Å². The average Bonchev–Trinajstić information content (AvgIpc) is 2.77. The molecule has 2 rings (SSSR count). The molecule has 1 fully saturated rings. The van der Waals surface area contributed by atoms with Crippen molar-refractivity contribution in [2.45, 2.75) is 32.7 Å². The van der Waals surface area contributed by atoms with Crippen molar-refractivity contribution in [2.24, 2.45) is 5.92 Å². The molecular formula is C12H20ClN3OS. The van der Waals surface area contributed by atoms with E-state index in [4.69, 9.17) is 0 Å². The monoisotopic (exact) mass is 289 g/mol. The first-order valence-corrected chi connectivity index (χ1v) is 6.98. The number of halogens is 1. The van der Waals surface area contributed by atoms with Gasteiger partial charge in [-0.25, -0.2) is 4.98 Å². The van der Waals surface area contributed by atoms with Crippen LogP contribution < -0.4 is 10.6 Å². The van der Waals surface area contributed by atoms with Crippen molar-refractivity contribution in [1.82, 2.24) is 15.6 Å². The molecular weight excluding hydrogens is 270 g/mol. The van der Waals surface area contributed by atoms with Gasteiger partial charge in [0.15, 0.2) is 0 Å². The summed E-state index contributed by atoms with van der Waals surface area (Å²) < 4.78 is 0. The molecule has 1 aliphatic rings. The fourth-order valence-electron chi connectivity index (χ4n) is 2.05. The van der Waals surface area contributed by atoms with Crippen molar-refractivity contribution >= 4 is 29.7 Å². The quantitative estimate of drug-likeness (QED) is 0.895. The Hall–Kier alpha value is -0.650. The van der Waals surface area contributed by atoms with Crippen LogP contribution in [-0.4, -0.2) is 24.0 Å². The molecule has 1 saturated heterocycles. The van der Waals surface area contributed by atoms with Crippen molar-refractivity contribution in [1.29, 1.82) is 0 Å². The van der Waals surface area contributed by atoms with Crippen molar-refractivity contribution in [3.63, 3.8) is 0 Å². The first kappa shape index (κ1) is 15.4. The van der Waals surface area contributed by atoms with Crippen LogP contribution in [0.1, 0.15) is 36.5 Å². The average molecular weight is 290 g/mol. The second-order valence-corrected chi connectivity index (χ2v) is 5.47. The number of carbonyl (C=O) groups excluding carboxylic acids is 1. The van der Waals surface area contributed by atoms with Gasteiger partial charge in [-0.15, -0.1) is 23.7 Å². The molecule has 0 spiro atoms. The largest absolute Gasteiger partial charge is 0.347 e. The summed E-state index contributed by atoms with van der Waals surface area (Å²) in [5.41, 5.74) is 1.02. The first-order chi connectivity index (χ1) is 8.16. The van der Waals surface area contributed by atoms with E-state index in [1.165, 1.54) is 0 Å². The van der Waals surface area contributed by atoms with Crippen LogP contribution >= 0.6 is 23.7 Å². The normalized spacial score (nSPS) is 17.9. The van der Waals surface area contributed by atoms with Gasteiger partial charge in [-0.1, -0.05) is 0 Å². The summed E-state index contributed by atoms with van der Waals surface area (Å²) in [6.07, 6.45) is 1.88. The molecule has 18 heavy (non-hydrogen) atoms. The van der Waals surface area contributed by atoms with Gasteiger partial charge in [0.1, 0.15) is 5.01 Å². The second-order valence-electron chi connectivity index (χ2n) is 4.58. The van der Waals surface area contributed by atoms with Crippen LogP contribution in [0.15, 0.2) is 5.38 Å². The van der Waals surface area contributed by atoms with E-state index >= 15 is 0 Å². The van der Waals surface area contributed by atoms with Gasteiger partial charge < -0.3 is 10.6 Å². The zero-order chi connectivity index (χ0) is 12.3. The van der Waals surface area contributed by atoms with Crippen LogP contribution in [0.5, 0.6) is 0 Å². The highest BCUT2D eigenvalue weighted by Gasteiger charge is 2.23. The Morgan fingerprint density at radius 1 is 1.56 bits per heavy atom. The molecule has 1 unspecified atom stereocenters. The predicted octanol–water partition coefficient (Wildman–Crippen LogP) is 2.05. The zero-order valence-electron chi connectivity index (χ0n) is 10.7. The molecule has 1 aromatic heterocycles. The van der Waals surface area contributed by atoms with Gasteiger partial charge in [0.25, 0.3) is 0 Å². The summed E-state index contributed by atoms with van der Waals surface area (Å²) in [5, 5.41) is 9.33. The lowest BCUT2D eigenvalue weighted by atomic mass is 9.97. The number of piperidine rings is 1. The topological polar surface area (TPSA) is 54.0 Å². The van der Waals surface area contributed by atoms with Gasteiger partial charge in [-0.3, -0.25) is 4.79 Å². The molecule has 2 heterocycles. The Morgan fingerprint density at radius 2 is 2.22 bits per heavy atom. The molecule has 1 aliphatic heterocycles. The predicted molar refractivity (Wildman–Crippen MR) is 76.3 cm³/mol. The summed E-state index contributed by atoms with van der Waals surface area (Å²) in [5.74, 6) is 0.339. The lowest BCUT2D eigenvalue weighted by Gasteiger charge is -2.23. The standard InChI is InChI=1S/C12H19N3OS.ClH/c1-8-7-17-12(14-8)9(2)15-11(16)10-3-5-13-6-4-10;/h7,9-10,13H,3-6H2,1-2H3,(H,15,16);1H. The van der Waals surface area contributed by atoms with E-state index in [2.05, 4.69) is 15.6 Å². The Balaban J connectivity index is 0.00000162. The van der Waals surface area contributed by atoms with Gasteiger partial charge >= 0.3 is 0 Å². The molecule has 0 radical (unpaired) electrons. The lowest BCUT2D eigenvalue weighted by molar-refractivity contribution is -0.126. The molecule has 1 aromatic rings. The van der Waals surface area contributed by atoms with E-state index in [-0.39, 0.29) is 30.3 Å². The van der Waals surface area contributed by atoms with E-state index in [0.717, 1.165) is 36.6 Å². The van der Waals surface area contributed by atoms with Gasteiger partial charge in [-0.2, -0.15) is 0 Å². The van der Waals surface area contributed by atoms with E-state index < -0.39 is 0 Å². The molecule has 0 saturated carbocycles. The molecule has 4 nitrogen and oxygen atoms in total. The second kappa shape index (κ2) is 7.07. The third-order valence-corrected chi connectivity index (χ3v) is 4.22. The van der Waals surface area contributed by atoms with Crippen molar-refractivity contribution in [3.05, 3.63) is 16.1 Å². The highest BCUT2D eigenvalue weighted by molar-refractivity contribution is 7.09. The third-order valence-electron chi connectivity index (χ3n) is 3.08. The Bertz CT molecular complexity index is 390. The minimum Gasteiger partial charge on any atom is -0.347 e. The van der Waals surface area contributed by atoms with Crippen LogP contribution in [0.2, 0.25) is 0 Å². The molecule has 0 bridgehead atoms. The number of amides is 1. The number of nitrogens with zero attached hydrogens (tertiary/aromatic N) is 1. The molecule has 0 aromatic carbocycles. The number of rotatable bonds is 3. The minimum absolute atomic E-state index is 0. The van der Waals surface area contributed by atoms with Crippen molar-refractivity contribution < 1.29 is 4.79 Å². The summed E-state index contributed by atoms with van der Waals surface area (Å²) in [7, 11) is 0. The molecule has 102 valence electrons. The summed E-state index contributed by atoms with van der Waals surface area (Å²) >= 11 is 1.61. The number of thiazole rings is 1. The zero-order valence-corrected chi connectivity index (χ0v) is 12.4. The number of hydrogen-bond donors (Lipinski definition) is 2. The fraction of sp³-hybridized carbons (Fsp3) is 0.667. The lowest BCUT2D eigenvalue weighted by Crippen LogP contribution is -2.39. The van der Waals surface area contributed by atoms with Crippen LogP contribution in [0.4, 0.5) is 0 Å². The molecule has 6 heteroatoms. The number of aromatic nitrogens is 1. The Labute approximate surface area is 118 Å². The van der Waals surface area contributed by atoms with Gasteiger partial charge in [0.05, 0.1) is 6.04 Å². The number of aryl methyl sites for hydroxylation is 1. The van der Waals surface area contributed by atoms with Crippen LogP contribution in [0, 0.1) is 12.8 Å². The van der Waals surface area contributed by atoms with E-state index in [9.17, 15) is 4.79 Å². The number of nitrogens with one attached hydrogen (secondary N) is 2. The maximum Gasteiger partial charge on any atom is 0.223 e. The van der Waals surface area contributed by atoms with E-state index in [1.54, 1.807) is 11.3 Å². The van der Waals surface area contributed by atoms with E-state index in [1.807, 2.05) is 19.2 Å². The van der Waals surface area contributed by atoms with Gasteiger partial charge in [-0.05, 0) is 39.8 Å². The Kier molecular flexibility index (Phi) is 6.05. The molecule has 1 amide bonds. The first-order valence-electron chi connectivity index (χ1n) is 6.10. The Morgan fingerprint density at radius 3 is 2.78 bits per heavy atom. The molecule has 2 N–H and O–H groups in total. The third kappa shape index (κ3) is 3.93. The van der Waals surface area contributed by atoms with Gasteiger partial charge in [0, 0.05) is 17.0 Å². The summed E-state index contributed by atoms with van der Waals surface area (Å²) in [6, 6.07) is 0.0242.